The van der Waals surface area contributed by atoms with E-state index in [4.69, 9.17) is 20.8 Å². The number of H-pyrrole nitrogens is 1. The number of alkyl halides is 1. The zero-order chi connectivity index (χ0) is 28.1. The number of halogens is 1. The molecule has 0 saturated carbocycles. The van der Waals surface area contributed by atoms with Crippen LogP contribution in [0.15, 0.2) is 40.1 Å². The number of thiazole rings is 1. The van der Waals surface area contributed by atoms with Crippen molar-refractivity contribution in [1.82, 2.24) is 30.3 Å². The lowest BCUT2D eigenvalue weighted by Crippen LogP contribution is -2.62. The van der Waals surface area contributed by atoms with Crippen molar-refractivity contribution >= 4 is 53.2 Å². The van der Waals surface area contributed by atoms with Gasteiger partial charge in [0, 0.05) is 25.0 Å². The molecule has 204 valence electrons. The standard InChI is InChI=1S/C18H20FN9O4S3.CH2O2/c19-8-9(20)6-7-23-35(31,32)13-5-4-10(11-2-1-3-12-15(11)24-18(21)33-12)14(16(13)34(22,29)30)17-25-27-28-26-17;2-1-3/h1-5,9,23H,6-8,20H2,(H2,21,24)(H2,22,29,30)(H,25,26,27,28);1H,(H,2,3). The van der Waals surface area contributed by atoms with Crippen LogP contribution < -0.4 is 26.4 Å². The summed E-state index contributed by atoms with van der Waals surface area (Å²) in [7, 11) is -9.06. The summed E-state index contributed by atoms with van der Waals surface area (Å²) in [5.74, 6) is -0.198. The number of carbonyl (C=O) groups excluding carboxylic acids is 1. The first-order valence-electron chi connectivity index (χ1n) is 10.5. The van der Waals surface area contributed by atoms with Crippen LogP contribution in [-0.2, 0) is 24.8 Å². The van der Waals surface area contributed by atoms with Crippen LogP contribution in [0, 0.1) is 0 Å². The van der Waals surface area contributed by atoms with Crippen LogP contribution in [-0.4, -0.2) is 68.2 Å². The van der Waals surface area contributed by atoms with E-state index in [9.17, 15) is 21.2 Å². The van der Waals surface area contributed by atoms with Crippen LogP contribution in [0.1, 0.15) is 6.42 Å². The van der Waals surface area contributed by atoms with Gasteiger partial charge in [-0.15, -0.1) is 10.2 Å². The van der Waals surface area contributed by atoms with Gasteiger partial charge in [0.05, 0.1) is 15.8 Å². The van der Waals surface area contributed by atoms with E-state index in [1.54, 1.807) is 18.2 Å². The average molecular weight is 588 g/mol. The average Bonchev–Trinajstić information content (AvgIpc) is 3.51. The van der Waals surface area contributed by atoms with Crippen molar-refractivity contribution in [3.63, 3.8) is 0 Å². The second-order valence-electron chi connectivity index (χ2n) is 7.60. The van der Waals surface area contributed by atoms with Crippen molar-refractivity contribution in [3.8, 4) is 22.5 Å². The number of hydrogen-bond acceptors (Lipinski definition) is 12. The lowest BCUT2D eigenvalue weighted by Gasteiger charge is -2.17. The minimum atomic E-state index is -4.65. The monoisotopic (exact) mass is 587 g/mol. The summed E-state index contributed by atoms with van der Waals surface area (Å²) in [5.41, 5.74) is 10.4. The lowest BCUT2D eigenvalue weighted by atomic mass is 9.98. The highest BCUT2D eigenvalue weighted by Crippen LogP contribution is 2.41. The molecular formula is C19H22FN9O6S3. The highest BCUT2D eigenvalue weighted by molar-refractivity contribution is 7.92. The smallest absolute Gasteiger partial charge is 0.241 e. The van der Waals surface area contributed by atoms with Gasteiger partial charge >= 0.3 is 0 Å². The number of aromatic amines is 1. The molecule has 0 spiro atoms. The third kappa shape index (κ3) is 6.26. The molecule has 4 aromatic rings. The number of rotatable bonds is 9. The number of carbonyl (C=O) groups is 1. The summed E-state index contributed by atoms with van der Waals surface area (Å²) in [6.45, 7) is -1.39. The van der Waals surface area contributed by atoms with Crippen LogP contribution in [0.3, 0.4) is 0 Å². The predicted molar refractivity (Wildman–Crippen MR) is 133 cm³/mol. The van der Waals surface area contributed by atoms with Gasteiger partial charge in [-0.3, -0.25) is 0 Å². The zero-order valence-corrected chi connectivity index (χ0v) is 21.8. The van der Waals surface area contributed by atoms with E-state index in [0.717, 1.165) is 10.8 Å². The number of carboxylic acid groups (broad SMARTS) is 1. The second kappa shape index (κ2) is 11.8. The number of tetrazole rings is 1. The molecule has 15 nitrogen and oxygen atoms in total. The summed E-state index contributed by atoms with van der Waals surface area (Å²) in [6.07, 6.45) is 0.101. The van der Waals surface area contributed by atoms with Gasteiger partial charge < -0.3 is 21.4 Å². The van der Waals surface area contributed by atoms with Crippen LogP contribution in [0.25, 0.3) is 32.7 Å². The third-order valence-electron chi connectivity index (χ3n) is 5.05. The van der Waals surface area contributed by atoms with Gasteiger partial charge in [0.1, 0.15) is 22.5 Å². The Morgan fingerprint density at radius 2 is 1.92 bits per heavy atom. The second-order valence-corrected chi connectivity index (χ2v) is 11.9. The van der Waals surface area contributed by atoms with Crippen molar-refractivity contribution in [1.29, 1.82) is 0 Å². The van der Waals surface area contributed by atoms with Gasteiger partial charge in [-0.05, 0) is 22.9 Å². The number of hydrogen-bond donors (Lipinski definition) is 5. The number of para-hydroxylation sites is 1. The molecule has 0 amide bonds. The Kier molecular flexibility index (Phi) is 9.01. The molecule has 9 N–H and O–H groups in total. The first-order valence-corrected chi connectivity index (χ1v) is 14.3. The highest BCUT2D eigenvalue weighted by Gasteiger charge is 2.32. The number of primary sulfonamides is 1. The van der Waals surface area contributed by atoms with Crippen LogP contribution in [0.4, 0.5) is 9.52 Å². The van der Waals surface area contributed by atoms with Crippen molar-refractivity contribution < 1.29 is 36.9 Å². The van der Waals surface area contributed by atoms with Gasteiger partial charge in [-0.2, -0.15) is 5.21 Å². The first-order chi connectivity index (χ1) is 17.9. The predicted octanol–water partition coefficient (Wildman–Crippen LogP) is -2.01. The Labute approximate surface area is 219 Å². The highest BCUT2D eigenvalue weighted by atomic mass is 32.2. The third-order valence-corrected chi connectivity index (χ3v) is 8.53. The van der Waals surface area contributed by atoms with Gasteiger partial charge in [0.15, 0.2) is 5.13 Å². The molecule has 1 atom stereocenters. The topological polar surface area (TPSA) is 267 Å². The quantitative estimate of drug-likeness (QED) is 0.133. The minimum Gasteiger partial charge on any atom is -0.554 e. The molecule has 2 aromatic heterocycles. The summed E-state index contributed by atoms with van der Waals surface area (Å²) in [4.78, 5) is 11.2. The fourth-order valence-corrected chi connectivity index (χ4v) is 6.92. The number of sulfonamides is 2. The molecule has 4 rings (SSSR count). The van der Waals surface area contributed by atoms with Gasteiger partial charge in [0.25, 0.3) is 0 Å². The Bertz CT molecular complexity index is 1640. The Balaban J connectivity index is 0.00000127. The number of benzene rings is 2. The normalized spacial score (nSPS) is 12.6. The lowest BCUT2D eigenvalue weighted by molar-refractivity contribution is -0.422. The minimum absolute atomic E-state index is 0.101. The number of nitrogen functional groups attached to an aromatic ring is 1. The number of nitrogens with two attached hydrogens (primary N) is 2. The molecule has 1 unspecified atom stereocenters. The maximum absolute atomic E-state index is 13.1. The molecule has 38 heavy (non-hydrogen) atoms. The molecule has 0 radical (unpaired) electrons. The van der Waals surface area contributed by atoms with Crippen molar-refractivity contribution in [3.05, 3.63) is 30.3 Å². The molecule has 2 heterocycles. The van der Waals surface area contributed by atoms with Crippen LogP contribution in [0.5, 0.6) is 0 Å². The van der Waals surface area contributed by atoms with Gasteiger partial charge in [-0.25, -0.2) is 36.1 Å². The number of aromatic nitrogens is 5. The SMILES string of the molecule is Nc1nc2c(-c3ccc(S(=O)(=O)NCCC([NH3+])CF)c(S(N)(=O)=O)c3-c3nn[nH]n3)cccc2s1.O=C[O-]. The molecule has 0 bridgehead atoms. The first kappa shape index (κ1) is 28.9. The zero-order valence-electron chi connectivity index (χ0n) is 19.4. The van der Waals surface area contributed by atoms with Crippen molar-refractivity contribution in [2.45, 2.75) is 22.3 Å². The molecule has 19 heteroatoms. The fourth-order valence-electron chi connectivity index (χ4n) is 3.51. The van der Waals surface area contributed by atoms with Crippen LogP contribution >= 0.6 is 11.3 Å². The number of fused-ring (bicyclic) bond motifs is 1. The molecule has 0 saturated heterocycles. The Morgan fingerprint density at radius 1 is 1.21 bits per heavy atom. The molecule has 0 aliphatic rings. The van der Waals surface area contributed by atoms with E-state index in [1.807, 2.05) is 0 Å². The van der Waals surface area contributed by atoms with Crippen molar-refractivity contribution in [2.75, 3.05) is 19.0 Å². The van der Waals surface area contributed by atoms with Gasteiger partial charge in [0.2, 0.25) is 25.9 Å². The number of anilines is 1. The maximum atomic E-state index is 13.1. The van der Waals surface area contributed by atoms with E-state index in [0.29, 0.717) is 16.2 Å². The number of quaternary nitrogens is 1. The van der Waals surface area contributed by atoms with Gasteiger partial charge in [-0.1, -0.05) is 29.5 Å². The number of nitrogens with one attached hydrogen (secondary N) is 2. The summed E-state index contributed by atoms with van der Waals surface area (Å²) < 4.78 is 67.5. The largest absolute Gasteiger partial charge is 0.554 e. The molecule has 0 fully saturated rings. The fraction of sp³-hybridized carbons (Fsp3) is 0.211. The van der Waals surface area contributed by atoms with E-state index >= 15 is 0 Å². The van der Waals surface area contributed by atoms with Crippen LogP contribution in [0.2, 0.25) is 0 Å². The van der Waals surface area contributed by atoms with E-state index in [-0.39, 0.29) is 29.9 Å². The summed E-state index contributed by atoms with van der Waals surface area (Å²) >= 11 is 1.23. The Morgan fingerprint density at radius 3 is 2.53 bits per heavy atom. The molecule has 0 aliphatic carbocycles. The van der Waals surface area contributed by atoms with E-state index < -0.39 is 49.0 Å². The summed E-state index contributed by atoms with van der Waals surface area (Å²) in [5, 5.41) is 27.5. The summed E-state index contributed by atoms with van der Waals surface area (Å²) in [6, 6.07) is 7.08. The van der Waals surface area contributed by atoms with Crippen molar-refractivity contribution in [2.24, 2.45) is 5.14 Å². The number of nitrogens with zero attached hydrogens (tertiary/aromatic N) is 4. The maximum Gasteiger partial charge on any atom is 0.241 e. The molecular weight excluding hydrogens is 565 g/mol. The molecule has 0 aliphatic heterocycles. The van der Waals surface area contributed by atoms with E-state index in [1.165, 1.54) is 17.4 Å². The Hall–Kier alpha value is -3.62. The van der Waals surface area contributed by atoms with E-state index in [2.05, 4.69) is 36.1 Å². The molecule has 2 aromatic carbocycles.